The molecule has 0 spiro atoms. The van der Waals surface area contributed by atoms with E-state index in [1.165, 1.54) is 16.3 Å². The summed E-state index contributed by atoms with van der Waals surface area (Å²) >= 11 is 4.27. The zero-order chi connectivity index (χ0) is 13.5. The molecule has 2 aromatic carbocycles. The monoisotopic (exact) mass is 274 g/mol. The molecule has 1 nitrogen and oxygen atoms in total. The molecule has 1 unspecified atom stereocenters. The van der Waals surface area contributed by atoms with Crippen LogP contribution in [-0.4, -0.2) is 18.5 Å². The Morgan fingerprint density at radius 2 is 1.89 bits per heavy atom. The Bertz CT molecular complexity index is 509. The fourth-order valence-electron chi connectivity index (χ4n) is 2.29. The van der Waals surface area contributed by atoms with E-state index in [9.17, 15) is 0 Å². The van der Waals surface area contributed by atoms with Crippen molar-refractivity contribution < 1.29 is 4.74 Å². The van der Waals surface area contributed by atoms with Crippen molar-refractivity contribution in [1.29, 1.82) is 0 Å². The van der Waals surface area contributed by atoms with E-state index in [4.69, 9.17) is 4.74 Å². The summed E-state index contributed by atoms with van der Waals surface area (Å²) in [6.45, 7) is 2.97. The highest BCUT2D eigenvalue weighted by Gasteiger charge is 2.05. The van der Waals surface area contributed by atoms with Gasteiger partial charge in [-0.25, -0.2) is 0 Å². The number of thiol groups is 1. The van der Waals surface area contributed by atoms with Gasteiger partial charge in [-0.2, -0.15) is 12.6 Å². The molecule has 1 atom stereocenters. The molecule has 19 heavy (non-hydrogen) atoms. The fraction of sp³-hybridized carbons (Fsp3) is 0.412. The van der Waals surface area contributed by atoms with Gasteiger partial charge in [0.2, 0.25) is 0 Å². The SMILES string of the molecule is CCC(CCS)OCCc1ccc2ccccc2c1. The van der Waals surface area contributed by atoms with E-state index in [2.05, 4.69) is 62.0 Å². The molecule has 0 amide bonds. The van der Waals surface area contributed by atoms with Crippen LogP contribution < -0.4 is 0 Å². The van der Waals surface area contributed by atoms with Crippen molar-refractivity contribution in [3.05, 3.63) is 48.0 Å². The summed E-state index contributed by atoms with van der Waals surface area (Å²) in [4.78, 5) is 0. The summed E-state index contributed by atoms with van der Waals surface area (Å²) in [5.41, 5.74) is 1.35. The zero-order valence-corrected chi connectivity index (χ0v) is 12.4. The van der Waals surface area contributed by atoms with E-state index in [1.54, 1.807) is 0 Å². The van der Waals surface area contributed by atoms with Crippen LogP contribution in [0.5, 0.6) is 0 Å². The standard InChI is InChI=1S/C17H22OS/c1-2-17(10-12-19)18-11-9-14-7-8-15-5-3-4-6-16(15)13-14/h3-8,13,17,19H,2,9-12H2,1H3. The maximum absolute atomic E-state index is 5.90. The summed E-state index contributed by atoms with van der Waals surface area (Å²) in [7, 11) is 0. The van der Waals surface area contributed by atoms with Crippen LogP contribution in [-0.2, 0) is 11.2 Å². The van der Waals surface area contributed by atoms with E-state index in [0.29, 0.717) is 6.10 Å². The average molecular weight is 274 g/mol. The van der Waals surface area contributed by atoms with Crippen LogP contribution in [0, 0.1) is 0 Å². The van der Waals surface area contributed by atoms with E-state index in [1.807, 2.05) is 0 Å². The highest BCUT2D eigenvalue weighted by atomic mass is 32.1. The summed E-state index contributed by atoms with van der Waals surface area (Å²) < 4.78 is 5.90. The van der Waals surface area contributed by atoms with Crippen LogP contribution in [0.4, 0.5) is 0 Å². The first-order valence-electron chi connectivity index (χ1n) is 7.03. The maximum atomic E-state index is 5.90. The van der Waals surface area contributed by atoms with E-state index < -0.39 is 0 Å². The molecule has 2 heteroatoms. The van der Waals surface area contributed by atoms with Crippen molar-refractivity contribution in [2.75, 3.05) is 12.4 Å². The molecule has 0 aromatic heterocycles. The number of hydrogen-bond acceptors (Lipinski definition) is 2. The van der Waals surface area contributed by atoms with Crippen LogP contribution in [0.15, 0.2) is 42.5 Å². The van der Waals surface area contributed by atoms with Crippen LogP contribution in [0.25, 0.3) is 10.8 Å². The molecule has 0 saturated heterocycles. The Kier molecular flexibility index (Phi) is 5.74. The largest absolute Gasteiger partial charge is 0.378 e. The summed E-state index contributed by atoms with van der Waals surface area (Å²) in [5, 5.41) is 2.61. The van der Waals surface area contributed by atoms with Crippen LogP contribution in [0.1, 0.15) is 25.3 Å². The number of hydrogen-bond donors (Lipinski definition) is 1. The summed E-state index contributed by atoms with van der Waals surface area (Å²) in [5.74, 6) is 0.897. The van der Waals surface area contributed by atoms with Gasteiger partial charge in [-0.15, -0.1) is 0 Å². The average Bonchev–Trinajstić information content (AvgIpc) is 2.46. The van der Waals surface area contributed by atoms with Gasteiger partial charge in [-0.1, -0.05) is 49.4 Å². The predicted octanol–water partition coefficient (Wildman–Crippen LogP) is 4.50. The van der Waals surface area contributed by atoms with Crippen LogP contribution in [0.3, 0.4) is 0 Å². The molecule has 0 saturated carbocycles. The summed E-state index contributed by atoms with van der Waals surface area (Å²) in [6.07, 6.45) is 3.45. The number of fused-ring (bicyclic) bond motifs is 1. The van der Waals surface area contributed by atoms with Crippen molar-refractivity contribution in [1.82, 2.24) is 0 Å². The minimum absolute atomic E-state index is 0.359. The highest BCUT2D eigenvalue weighted by molar-refractivity contribution is 7.80. The zero-order valence-electron chi connectivity index (χ0n) is 11.5. The first-order chi connectivity index (χ1) is 9.33. The van der Waals surface area contributed by atoms with Crippen molar-refractivity contribution in [3.8, 4) is 0 Å². The number of rotatable bonds is 7. The van der Waals surface area contributed by atoms with Gasteiger partial charge in [-0.3, -0.25) is 0 Å². The lowest BCUT2D eigenvalue weighted by Gasteiger charge is -2.15. The van der Waals surface area contributed by atoms with Crippen molar-refractivity contribution >= 4 is 23.4 Å². The molecule has 0 heterocycles. The molecule has 0 aliphatic rings. The maximum Gasteiger partial charge on any atom is 0.0580 e. The van der Waals surface area contributed by atoms with Gasteiger partial charge >= 0.3 is 0 Å². The first-order valence-corrected chi connectivity index (χ1v) is 7.67. The lowest BCUT2D eigenvalue weighted by atomic mass is 10.1. The third-order valence-corrected chi connectivity index (χ3v) is 3.72. The van der Waals surface area contributed by atoms with Crippen LogP contribution in [0.2, 0.25) is 0 Å². The number of ether oxygens (including phenoxy) is 1. The molecule has 102 valence electrons. The van der Waals surface area contributed by atoms with Gasteiger partial charge in [0.1, 0.15) is 0 Å². The topological polar surface area (TPSA) is 9.23 Å². The Balaban J connectivity index is 1.90. The van der Waals surface area contributed by atoms with Gasteiger partial charge in [0.25, 0.3) is 0 Å². The first kappa shape index (κ1) is 14.4. The van der Waals surface area contributed by atoms with E-state index >= 15 is 0 Å². The number of benzene rings is 2. The lowest BCUT2D eigenvalue weighted by molar-refractivity contribution is 0.0512. The molecular formula is C17H22OS. The molecule has 0 N–H and O–H groups in total. The molecule has 0 aliphatic heterocycles. The Labute approximate surface area is 121 Å². The second-order valence-electron chi connectivity index (χ2n) is 4.84. The molecule has 2 rings (SSSR count). The van der Waals surface area contributed by atoms with Gasteiger partial charge in [0.15, 0.2) is 0 Å². The van der Waals surface area contributed by atoms with E-state index in [0.717, 1.165) is 31.6 Å². The molecule has 0 aliphatic carbocycles. The highest BCUT2D eigenvalue weighted by Crippen LogP contribution is 2.16. The van der Waals surface area contributed by atoms with Crippen molar-refractivity contribution in [2.24, 2.45) is 0 Å². The smallest absolute Gasteiger partial charge is 0.0580 e. The second kappa shape index (κ2) is 7.56. The third-order valence-electron chi connectivity index (χ3n) is 3.46. The molecule has 0 fully saturated rings. The Morgan fingerprint density at radius 3 is 2.63 bits per heavy atom. The van der Waals surface area contributed by atoms with Gasteiger partial charge in [0, 0.05) is 0 Å². The predicted molar refractivity (Wildman–Crippen MR) is 86.2 cm³/mol. The van der Waals surface area contributed by atoms with Crippen molar-refractivity contribution in [3.63, 3.8) is 0 Å². The fourth-order valence-corrected chi connectivity index (χ4v) is 2.58. The van der Waals surface area contributed by atoms with Crippen LogP contribution >= 0.6 is 12.6 Å². The van der Waals surface area contributed by atoms with Gasteiger partial charge in [-0.05, 0) is 41.4 Å². The van der Waals surface area contributed by atoms with Gasteiger partial charge < -0.3 is 4.74 Å². The molecule has 2 aromatic rings. The minimum Gasteiger partial charge on any atom is -0.378 e. The van der Waals surface area contributed by atoms with Crippen molar-refractivity contribution in [2.45, 2.75) is 32.3 Å². The lowest BCUT2D eigenvalue weighted by Crippen LogP contribution is -2.14. The Hall–Kier alpha value is -0.990. The van der Waals surface area contributed by atoms with Gasteiger partial charge in [0.05, 0.1) is 12.7 Å². The van der Waals surface area contributed by atoms with E-state index in [-0.39, 0.29) is 0 Å². The normalized spacial score (nSPS) is 12.7. The summed E-state index contributed by atoms with van der Waals surface area (Å²) in [6, 6.07) is 15.1. The molecule has 0 radical (unpaired) electrons. The quantitative estimate of drug-likeness (QED) is 0.732. The Morgan fingerprint density at radius 1 is 1.11 bits per heavy atom. The third kappa shape index (κ3) is 4.26. The molecular weight excluding hydrogens is 252 g/mol. The minimum atomic E-state index is 0.359. The molecule has 0 bridgehead atoms. The second-order valence-corrected chi connectivity index (χ2v) is 5.29.